The molecule has 0 spiro atoms. The van der Waals surface area contributed by atoms with Gasteiger partial charge < -0.3 is 9.30 Å². The number of unbranched alkanes of at least 4 members (excludes halogenated alkanes) is 3. The molecule has 180 valence electrons. The van der Waals surface area contributed by atoms with Crippen molar-refractivity contribution in [3.05, 3.63) is 58.5 Å². The number of ether oxygens (including phenoxy) is 1. The Labute approximate surface area is 198 Å². The van der Waals surface area contributed by atoms with Gasteiger partial charge in [-0.15, -0.1) is 13.2 Å². The molecule has 2 N–H and O–H groups in total. The van der Waals surface area contributed by atoms with Crippen molar-refractivity contribution in [2.24, 2.45) is 0 Å². The number of rotatable bonds is 10. The maximum absolute atomic E-state index is 12.5. The molecule has 0 bridgehead atoms. The third-order valence-electron chi connectivity index (χ3n) is 5.65. The van der Waals surface area contributed by atoms with E-state index in [4.69, 9.17) is 5.41 Å². The van der Waals surface area contributed by atoms with Crippen LogP contribution in [0.15, 0.2) is 42.5 Å². The van der Waals surface area contributed by atoms with Crippen LogP contribution in [0.1, 0.15) is 43.9 Å². The highest BCUT2D eigenvalue weighted by atomic mass is 32.1. The Morgan fingerprint density at radius 3 is 2.56 bits per heavy atom. The van der Waals surface area contributed by atoms with Gasteiger partial charge in [0.2, 0.25) is 0 Å². The summed E-state index contributed by atoms with van der Waals surface area (Å²) in [5.41, 5.74) is 4.50. The van der Waals surface area contributed by atoms with Gasteiger partial charge in [0.25, 0.3) is 0 Å². The third-order valence-corrected chi connectivity index (χ3v) is 6.61. The van der Waals surface area contributed by atoms with E-state index in [0.29, 0.717) is 23.2 Å². The van der Waals surface area contributed by atoms with E-state index in [2.05, 4.69) is 51.3 Å². The van der Waals surface area contributed by atoms with E-state index in [1.165, 1.54) is 43.4 Å². The van der Waals surface area contributed by atoms with E-state index < -0.39 is 6.36 Å². The largest absolute Gasteiger partial charge is 0.573 e. The second-order valence-corrected chi connectivity index (χ2v) is 9.14. The molecule has 0 aliphatic rings. The highest BCUT2D eigenvalue weighted by molar-refractivity contribution is 7.16. The minimum atomic E-state index is -4.75. The number of aryl methyl sites for hydroxylation is 3. The van der Waals surface area contributed by atoms with Crippen molar-refractivity contribution in [3.63, 3.8) is 0 Å². The normalized spacial score (nSPS) is 11.9. The molecule has 6 nitrogen and oxygen atoms in total. The molecule has 2 aromatic heterocycles. The SMILES string of the molecule is CCCCCCc1ccc(-c2n[nH]nc2CCn2c(=N)sc3cc(OC(F)(F)F)ccc32)cc1. The summed E-state index contributed by atoms with van der Waals surface area (Å²) in [6, 6.07) is 12.5. The van der Waals surface area contributed by atoms with Crippen molar-refractivity contribution >= 4 is 21.6 Å². The van der Waals surface area contributed by atoms with Crippen LogP contribution in [0, 0.1) is 5.41 Å². The number of benzene rings is 2. The maximum atomic E-state index is 12.5. The van der Waals surface area contributed by atoms with Crippen LogP contribution in [0.5, 0.6) is 5.75 Å². The van der Waals surface area contributed by atoms with Crippen LogP contribution in [-0.2, 0) is 19.4 Å². The standard InChI is InChI=1S/C24H26F3N5OS/c1-2-3-4-5-6-16-7-9-17(10-8-16)22-19(29-31-30-22)13-14-32-20-12-11-18(33-24(25,26)27)15-21(20)34-23(32)28/h7-12,15,28H,2-6,13-14H2,1H3,(H,29,30,31). The first-order valence-electron chi connectivity index (χ1n) is 11.3. The molecule has 4 aromatic rings. The number of hydrogen-bond donors (Lipinski definition) is 2. The summed E-state index contributed by atoms with van der Waals surface area (Å²) in [7, 11) is 0. The Hall–Kier alpha value is -3.14. The molecule has 0 unspecified atom stereocenters. The van der Waals surface area contributed by atoms with Gasteiger partial charge in [0.15, 0.2) is 4.80 Å². The predicted octanol–water partition coefficient (Wildman–Crippen LogP) is 6.23. The van der Waals surface area contributed by atoms with Gasteiger partial charge in [-0.3, -0.25) is 5.41 Å². The highest BCUT2D eigenvalue weighted by Gasteiger charge is 2.31. The number of halogens is 3. The average Bonchev–Trinajstić information content (AvgIpc) is 3.38. The van der Waals surface area contributed by atoms with Gasteiger partial charge in [-0.25, -0.2) is 0 Å². The van der Waals surface area contributed by atoms with Crippen molar-refractivity contribution < 1.29 is 17.9 Å². The van der Waals surface area contributed by atoms with Gasteiger partial charge in [-0.2, -0.15) is 15.4 Å². The molecular formula is C24H26F3N5OS. The second kappa shape index (κ2) is 10.4. The molecule has 2 heterocycles. The molecule has 2 aromatic carbocycles. The molecule has 0 aliphatic carbocycles. The van der Waals surface area contributed by atoms with Gasteiger partial charge >= 0.3 is 6.36 Å². The Morgan fingerprint density at radius 1 is 1.03 bits per heavy atom. The molecular weight excluding hydrogens is 463 g/mol. The van der Waals surface area contributed by atoms with Crippen LogP contribution >= 0.6 is 11.3 Å². The molecule has 0 saturated carbocycles. The van der Waals surface area contributed by atoms with E-state index in [1.54, 1.807) is 10.6 Å². The van der Waals surface area contributed by atoms with Crippen LogP contribution in [0.2, 0.25) is 0 Å². The summed E-state index contributed by atoms with van der Waals surface area (Å²) in [5.74, 6) is -0.291. The number of hydrogen-bond acceptors (Lipinski definition) is 5. The van der Waals surface area contributed by atoms with E-state index in [-0.39, 0.29) is 10.6 Å². The fourth-order valence-corrected chi connectivity index (χ4v) is 4.91. The number of alkyl halides is 3. The van der Waals surface area contributed by atoms with Crippen LogP contribution in [0.25, 0.3) is 21.5 Å². The van der Waals surface area contributed by atoms with Crippen molar-refractivity contribution in [1.82, 2.24) is 20.0 Å². The summed E-state index contributed by atoms with van der Waals surface area (Å²) in [6.45, 7) is 2.66. The van der Waals surface area contributed by atoms with Gasteiger partial charge in [0.05, 0.1) is 15.9 Å². The summed E-state index contributed by atoms with van der Waals surface area (Å²) >= 11 is 1.11. The number of aromatic amines is 1. The zero-order valence-electron chi connectivity index (χ0n) is 18.8. The number of aromatic nitrogens is 4. The lowest BCUT2D eigenvalue weighted by Gasteiger charge is -2.09. The summed E-state index contributed by atoms with van der Waals surface area (Å²) in [4.78, 5) is 0.247. The van der Waals surface area contributed by atoms with Crippen LogP contribution in [0.4, 0.5) is 13.2 Å². The van der Waals surface area contributed by atoms with Crippen molar-refractivity contribution in [3.8, 4) is 17.0 Å². The molecule has 0 amide bonds. The summed E-state index contributed by atoms with van der Waals surface area (Å²) in [6.07, 6.45) is 1.76. The van der Waals surface area contributed by atoms with Crippen molar-refractivity contribution in [2.75, 3.05) is 0 Å². The zero-order valence-corrected chi connectivity index (χ0v) is 19.6. The number of nitrogens with one attached hydrogen (secondary N) is 2. The van der Waals surface area contributed by atoms with E-state index >= 15 is 0 Å². The number of fused-ring (bicyclic) bond motifs is 1. The lowest BCUT2D eigenvalue weighted by Crippen LogP contribution is -2.17. The summed E-state index contributed by atoms with van der Waals surface area (Å²) < 4.78 is 43.8. The smallest absolute Gasteiger partial charge is 0.406 e. The Bertz CT molecular complexity index is 1290. The minimum Gasteiger partial charge on any atom is -0.406 e. The Balaban J connectivity index is 1.46. The number of H-pyrrole nitrogens is 1. The topological polar surface area (TPSA) is 79.6 Å². The van der Waals surface area contributed by atoms with Crippen LogP contribution in [0.3, 0.4) is 0 Å². The van der Waals surface area contributed by atoms with Gasteiger partial charge in [0, 0.05) is 18.5 Å². The first-order chi connectivity index (χ1) is 16.3. The molecule has 10 heteroatoms. The Morgan fingerprint density at radius 2 is 1.82 bits per heavy atom. The molecule has 0 atom stereocenters. The minimum absolute atomic E-state index is 0.247. The first-order valence-corrected chi connectivity index (χ1v) is 12.1. The van der Waals surface area contributed by atoms with Crippen molar-refractivity contribution in [2.45, 2.75) is 58.4 Å². The quantitative estimate of drug-likeness (QED) is 0.259. The fraction of sp³-hybridized carbons (Fsp3) is 0.375. The molecule has 0 saturated heterocycles. The van der Waals surface area contributed by atoms with Crippen LogP contribution in [-0.4, -0.2) is 26.3 Å². The fourth-order valence-electron chi connectivity index (χ4n) is 3.95. The molecule has 34 heavy (non-hydrogen) atoms. The monoisotopic (exact) mass is 489 g/mol. The zero-order chi connectivity index (χ0) is 24.1. The van der Waals surface area contributed by atoms with E-state index in [9.17, 15) is 13.2 Å². The highest BCUT2D eigenvalue weighted by Crippen LogP contribution is 2.28. The predicted molar refractivity (Wildman–Crippen MR) is 126 cm³/mol. The average molecular weight is 490 g/mol. The van der Waals surface area contributed by atoms with Gasteiger partial charge in [-0.1, -0.05) is 61.8 Å². The van der Waals surface area contributed by atoms with Gasteiger partial charge in [-0.05, 0) is 36.6 Å². The third kappa shape index (κ3) is 5.85. The number of nitrogens with zero attached hydrogens (tertiary/aromatic N) is 3. The summed E-state index contributed by atoms with van der Waals surface area (Å²) in [5, 5.41) is 19.6. The second-order valence-electron chi connectivity index (χ2n) is 8.11. The van der Waals surface area contributed by atoms with Crippen LogP contribution < -0.4 is 9.54 Å². The Kier molecular flexibility index (Phi) is 7.35. The molecule has 0 radical (unpaired) electrons. The lowest BCUT2D eigenvalue weighted by molar-refractivity contribution is -0.274. The molecule has 0 fully saturated rings. The first kappa shape index (κ1) is 24.0. The van der Waals surface area contributed by atoms with E-state index in [0.717, 1.165) is 34.7 Å². The maximum Gasteiger partial charge on any atom is 0.573 e. The molecule has 0 aliphatic heterocycles. The molecule has 4 rings (SSSR count). The number of thiazole rings is 1. The lowest BCUT2D eigenvalue weighted by atomic mass is 10.0. The van der Waals surface area contributed by atoms with E-state index in [1.807, 2.05) is 0 Å². The van der Waals surface area contributed by atoms with Crippen molar-refractivity contribution in [1.29, 1.82) is 5.41 Å². The van der Waals surface area contributed by atoms with Gasteiger partial charge in [0.1, 0.15) is 11.4 Å².